The lowest BCUT2D eigenvalue weighted by Crippen LogP contribution is -2.50. The molecule has 1 aliphatic rings. The first-order chi connectivity index (χ1) is 12.5. The Labute approximate surface area is 166 Å². The van der Waals surface area contributed by atoms with E-state index < -0.39 is 6.10 Å². The molecule has 0 aliphatic carbocycles. The number of amides is 1. The first kappa shape index (κ1) is 19.5. The number of nitrogens with zero attached hydrogens (tertiary/aromatic N) is 1. The Kier molecular flexibility index (Phi) is 6.78. The summed E-state index contributed by atoms with van der Waals surface area (Å²) in [4.78, 5) is 15.2. The molecule has 0 radical (unpaired) electrons. The lowest BCUT2D eigenvalue weighted by atomic mass is 10.1. The van der Waals surface area contributed by atoms with E-state index in [4.69, 9.17) is 32.7 Å². The molecule has 1 fully saturated rings. The van der Waals surface area contributed by atoms with E-state index in [2.05, 4.69) is 0 Å². The molecule has 0 bridgehead atoms. The van der Waals surface area contributed by atoms with E-state index in [1.54, 1.807) is 23.1 Å². The van der Waals surface area contributed by atoms with Gasteiger partial charge in [0.2, 0.25) is 0 Å². The van der Waals surface area contributed by atoms with Crippen LogP contribution in [0.4, 0.5) is 0 Å². The Balaban J connectivity index is 1.61. The highest BCUT2D eigenvalue weighted by Gasteiger charge is 2.30. The van der Waals surface area contributed by atoms with Crippen molar-refractivity contribution in [3.63, 3.8) is 0 Å². The number of morpholine rings is 1. The molecule has 2 atom stereocenters. The summed E-state index contributed by atoms with van der Waals surface area (Å²) >= 11 is 13.5. The van der Waals surface area contributed by atoms with E-state index in [1.807, 2.05) is 17.5 Å². The minimum absolute atomic E-state index is 0.147. The minimum Gasteiger partial charge on any atom is -0.482 e. The normalized spacial score (nSPS) is 18.6. The number of hydrogen-bond acceptors (Lipinski definition) is 5. The fourth-order valence-corrected chi connectivity index (χ4v) is 3.90. The maximum Gasteiger partial charge on any atom is 0.260 e. The third kappa shape index (κ3) is 4.90. The molecule has 0 unspecified atom stereocenters. The average Bonchev–Trinajstić information content (AvgIpc) is 3.17. The summed E-state index contributed by atoms with van der Waals surface area (Å²) in [5, 5.41) is 13.2. The van der Waals surface area contributed by atoms with E-state index in [1.165, 1.54) is 11.3 Å². The zero-order chi connectivity index (χ0) is 18.5. The molecule has 1 saturated heterocycles. The summed E-state index contributed by atoms with van der Waals surface area (Å²) in [5.41, 5.74) is 0. The number of halogens is 2. The molecule has 0 saturated carbocycles. The topological polar surface area (TPSA) is 59.0 Å². The SMILES string of the molecule is O=C(COc1cc(Cl)ccc1Cl)N1CCOC[C@H]1C[C@@H](O)c1cccs1. The Morgan fingerprint density at radius 1 is 1.42 bits per heavy atom. The van der Waals surface area contributed by atoms with Gasteiger partial charge in [-0.05, 0) is 23.6 Å². The lowest BCUT2D eigenvalue weighted by molar-refractivity contribution is -0.143. The van der Waals surface area contributed by atoms with Crippen molar-refractivity contribution in [2.24, 2.45) is 0 Å². The Hall–Kier alpha value is -1.31. The molecule has 2 heterocycles. The van der Waals surface area contributed by atoms with Gasteiger partial charge in [-0.2, -0.15) is 0 Å². The van der Waals surface area contributed by atoms with Crippen LogP contribution >= 0.6 is 34.5 Å². The van der Waals surface area contributed by atoms with Gasteiger partial charge >= 0.3 is 0 Å². The van der Waals surface area contributed by atoms with Crippen molar-refractivity contribution in [3.05, 3.63) is 50.6 Å². The van der Waals surface area contributed by atoms with Gasteiger partial charge in [-0.3, -0.25) is 4.79 Å². The van der Waals surface area contributed by atoms with Crippen molar-refractivity contribution in [1.29, 1.82) is 0 Å². The zero-order valence-corrected chi connectivity index (χ0v) is 16.3. The highest BCUT2D eigenvalue weighted by Crippen LogP contribution is 2.28. The number of carbonyl (C=O) groups is 1. The first-order valence-electron chi connectivity index (χ1n) is 8.21. The Morgan fingerprint density at radius 2 is 2.27 bits per heavy atom. The summed E-state index contributed by atoms with van der Waals surface area (Å²) in [7, 11) is 0. The fraction of sp³-hybridized carbons (Fsp3) is 0.389. The monoisotopic (exact) mass is 415 g/mol. The molecule has 5 nitrogen and oxygen atoms in total. The van der Waals surface area contributed by atoms with Crippen LogP contribution in [0.2, 0.25) is 10.0 Å². The summed E-state index contributed by atoms with van der Waals surface area (Å²) in [6.45, 7) is 1.18. The third-order valence-electron chi connectivity index (χ3n) is 4.16. The molecule has 1 amide bonds. The highest BCUT2D eigenvalue weighted by molar-refractivity contribution is 7.10. The van der Waals surface area contributed by atoms with Crippen LogP contribution in [0.15, 0.2) is 35.7 Å². The third-order valence-corrected chi connectivity index (χ3v) is 5.68. The van der Waals surface area contributed by atoms with Gasteiger partial charge in [-0.25, -0.2) is 0 Å². The molecule has 1 N–H and O–H groups in total. The van der Waals surface area contributed by atoms with Crippen LogP contribution in [0.1, 0.15) is 17.4 Å². The van der Waals surface area contributed by atoms with Crippen molar-refractivity contribution >= 4 is 40.4 Å². The van der Waals surface area contributed by atoms with Crippen molar-refractivity contribution in [2.45, 2.75) is 18.6 Å². The molecule has 3 rings (SSSR count). The Bertz CT molecular complexity index is 741. The molecule has 1 aliphatic heterocycles. The summed E-state index contributed by atoms with van der Waals surface area (Å²) < 4.78 is 11.0. The van der Waals surface area contributed by atoms with Crippen LogP contribution in [0.3, 0.4) is 0 Å². The highest BCUT2D eigenvalue weighted by atomic mass is 35.5. The number of thiophene rings is 1. The summed E-state index contributed by atoms with van der Waals surface area (Å²) in [5.74, 6) is 0.198. The lowest BCUT2D eigenvalue weighted by Gasteiger charge is -2.36. The molecular formula is C18H19Cl2NO4S. The van der Waals surface area contributed by atoms with E-state index >= 15 is 0 Å². The van der Waals surface area contributed by atoms with E-state index in [-0.39, 0.29) is 18.6 Å². The van der Waals surface area contributed by atoms with Gasteiger partial charge in [0.05, 0.1) is 30.4 Å². The van der Waals surface area contributed by atoms with Gasteiger partial charge < -0.3 is 19.5 Å². The number of benzene rings is 1. The number of aliphatic hydroxyl groups excluding tert-OH is 1. The van der Waals surface area contributed by atoms with Gasteiger partial charge in [0.1, 0.15) is 5.75 Å². The van der Waals surface area contributed by atoms with E-state index in [0.717, 1.165) is 4.88 Å². The summed E-state index contributed by atoms with van der Waals surface area (Å²) in [6, 6.07) is 8.43. The van der Waals surface area contributed by atoms with E-state index in [9.17, 15) is 9.90 Å². The van der Waals surface area contributed by atoms with Gasteiger partial charge in [0.25, 0.3) is 5.91 Å². The van der Waals surface area contributed by atoms with Crippen LogP contribution in [0.25, 0.3) is 0 Å². The van der Waals surface area contributed by atoms with Gasteiger partial charge in [-0.1, -0.05) is 29.3 Å². The second kappa shape index (κ2) is 9.06. The van der Waals surface area contributed by atoms with Crippen molar-refractivity contribution in [1.82, 2.24) is 4.90 Å². The van der Waals surface area contributed by atoms with Crippen LogP contribution in [-0.4, -0.2) is 48.3 Å². The van der Waals surface area contributed by atoms with Gasteiger partial charge in [0, 0.05) is 28.9 Å². The Morgan fingerprint density at radius 3 is 3.04 bits per heavy atom. The zero-order valence-electron chi connectivity index (χ0n) is 13.9. The summed E-state index contributed by atoms with van der Waals surface area (Å²) in [6.07, 6.45) is -0.204. The molecule has 26 heavy (non-hydrogen) atoms. The standard InChI is InChI=1S/C18H19Cl2NO4S/c19-12-3-4-14(20)16(8-12)25-11-18(23)21-5-6-24-10-13(21)9-15(22)17-2-1-7-26-17/h1-4,7-8,13,15,22H,5-6,9-11H2/t13-,15-/m1/s1. The maximum absolute atomic E-state index is 12.6. The predicted molar refractivity (Wildman–Crippen MR) is 102 cm³/mol. The largest absolute Gasteiger partial charge is 0.482 e. The van der Waals surface area contributed by atoms with Crippen molar-refractivity contribution < 1.29 is 19.4 Å². The number of carbonyl (C=O) groups excluding carboxylic acids is 1. The number of aliphatic hydroxyl groups is 1. The molecule has 140 valence electrons. The molecule has 8 heteroatoms. The molecule has 1 aromatic heterocycles. The molecule has 2 aromatic rings. The minimum atomic E-state index is -0.625. The van der Waals surface area contributed by atoms with Gasteiger partial charge in [-0.15, -0.1) is 11.3 Å². The van der Waals surface area contributed by atoms with E-state index in [0.29, 0.717) is 42.0 Å². The second-order valence-corrected chi connectivity index (χ2v) is 7.77. The average molecular weight is 416 g/mol. The first-order valence-corrected chi connectivity index (χ1v) is 9.84. The predicted octanol–water partition coefficient (Wildman–Crippen LogP) is 3.78. The quantitative estimate of drug-likeness (QED) is 0.779. The van der Waals surface area contributed by atoms with Crippen LogP contribution in [0, 0.1) is 0 Å². The smallest absolute Gasteiger partial charge is 0.260 e. The van der Waals surface area contributed by atoms with Crippen LogP contribution in [0.5, 0.6) is 5.75 Å². The number of rotatable bonds is 6. The molecular weight excluding hydrogens is 397 g/mol. The van der Waals surface area contributed by atoms with Crippen molar-refractivity contribution in [3.8, 4) is 5.75 Å². The second-order valence-electron chi connectivity index (χ2n) is 5.95. The maximum atomic E-state index is 12.6. The molecule has 0 spiro atoms. The van der Waals surface area contributed by atoms with Crippen LogP contribution < -0.4 is 4.74 Å². The fourth-order valence-electron chi connectivity index (χ4n) is 2.84. The number of hydrogen-bond donors (Lipinski definition) is 1. The van der Waals surface area contributed by atoms with Crippen LogP contribution in [-0.2, 0) is 9.53 Å². The number of ether oxygens (including phenoxy) is 2. The van der Waals surface area contributed by atoms with Gasteiger partial charge in [0.15, 0.2) is 6.61 Å². The molecule has 1 aromatic carbocycles. The van der Waals surface area contributed by atoms with Crippen molar-refractivity contribution in [2.75, 3.05) is 26.4 Å².